The molecule has 0 saturated carbocycles. The van der Waals surface area contributed by atoms with Crippen molar-refractivity contribution >= 4 is 17.5 Å². The van der Waals surface area contributed by atoms with Gasteiger partial charge in [-0.25, -0.2) is 0 Å². The molecule has 0 spiro atoms. The van der Waals surface area contributed by atoms with Crippen LogP contribution in [0.5, 0.6) is 0 Å². The highest BCUT2D eigenvalue weighted by Crippen LogP contribution is 2.12. The molecule has 7 nitrogen and oxygen atoms in total. The number of benzene rings is 1. The summed E-state index contributed by atoms with van der Waals surface area (Å²) in [5.41, 5.74) is 0.942. The summed E-state index contributed by atoms with van der Waals surface area (Å²) in [6.07, 6.45) is 0. The molecule has 1 aromatic carbocycles. The van der Waals surface area contributed by atoms with Gasteiger partial charge in [0.2, 0.25) is 5.91 Å². The summed E-state index contributed by atoms with van der Waals surface area (Å²) in [7, 11) is 0. The van der Waals surface area contributed by atoms with Gasteiger partial charge in [0.1, 0.15) is 5.38 Å². The summed E-state index contributed by atoms with van der Waals surface area (Å²) in [6.45, 7) is 5.31. The number of aromatic nitrogens is 4. The summed E-state index contributed by atoms with van der Waals surface area (Å²) in [4.78, 5) is 16.0. The number of halogens is 1. The van der Waals surface area contributed by atoms with Crippen LogP contribution >= 0.6 is 11.6 Å². The Hall–Kier alpha value is -1.99. The number of piperazine rings is 1. The average molecular weight is 335 g/mol. The van der Waals surface area contributed by atoms with E-state index in [0.717, 1.165) is 24.6 Å². The van der Waals surface area contributed by atoms with E-state index in [0.29, 0.717) is 19.6 Å². The maximum atomic E-state index is 11.9. The van der Waals surface area contributed by atoms with E-state index in [9.17, 15) is 4.79 Å². The van der Waals surface area contributed by atoms with Crippen molar-refractivity contribution in [1.29, 1.82) is 0 Å². The molecule has 2 aromatic rings. The van der Waals surface area contributed by atoms with Gasteiger partial charge >= 0.3 is 0 Å². The normalized spacial score (nSPS) is 17.2. The maximum absolute atomic E-state index is 11.9. The van der Waals surface area contributed by atoms with Gasteiger partial charge in [0.25, 0.3) is 0 Å². The molecule has 122 valence electrons. The predicted octanol–water partition coefficient (Wildman–Crippen LogP) is 0.934. The second kappa shape index (κ2) is 7.06. The Kier molecular flexibility index (Phi) is 4.88. The lowest BCUT2D eigenvalue weighted by Crippen LogP contribution is -2.50. The summed E-state index contributed by atoms with van der Waals surface area (Å²) < 4.78 is 1.75. The third-order valence-electron chi connectivity index (χ3n) is 3.92. The molecule has 1 amide bonds. The monoisotopic (exact) mass is 334 g/mol. The van der Waals surface area contributed by atoms with E-state index in [4.69, 9.17) is 11.6 Å². The third-order valence-corrected chi connectivity index (χ3v) is 4.11. The molecule has 0 radical (unpaired) electrons. The van der Waals surface area contributed by atoms with Crippen LogP contribution in [-0.4, -0.2) is 67.5 Å². The van der Waals surface area contributed by atoms with Crippen LogP contribution in [0.1, 0.15) is 12.7 Å². The van der Waals surface area contributed by atoms with Gasteiger partial charge in [0.05, 0.1) is 12.2 Å². The van der Waals surface area contributed by atoms with Crippen molar-refractivity contribution in [2.75, 3.05) is 26.2 Å². The smallest absolute Gasteiger partial charge is 0.240 e. The Labute approximate surface area is 139 Å². The zero-order valence-corrected chi connectivity index (χ0v) is 13.7. The Morgan fingerprint density at radius 1 is 1.22 bits per heavy atom. The van der Waals surface area contributed by atoms with Gasteiger partial charge in [0.15, 0.2) is 5.82 Å². The van der Waals surface area contributed by atoms with Crippen LogP contribution in [0.4, 0.5) is 0 Å². The zero-order valence-electron chi connectivity index (χ0n) is 13.0. The minimum Gasteiger partial charge on any atom is -0.339 e. The number of para-hydroxylation sites is 1. The number of rotatable bonds is 4. The second-order valence-electron chi connectivity index (χ2n) is 5.56. The number of alkyl halides is 1. The molecule has 1 aromatic heterocycles. The molecule has 1 fully saturated rings. The van der Waals surface area contributed by atoms with Crippen LogP contribution in [0.3, 0.4) is 0 Å². The number of tetrazole rings is 1. The Morgan fingerprint density at radius 3 is 2.57 bits per heavy atom. The second-order valence-corrected chi connectivity index (χ2v) is 6.21. The number of amides is 1. The maximum Gasteiger partial charge on any atom is 0.240 e. The van der Waals surface area contributed by atoms with E-state index in [-0.39, 0.29) is 5.91 Å². The standard InChI is InChI=1S/C15H19ClN6O/c1-12(16)15(23)21-9-7-20(8-10-21)11-14-17-18-19-22(14)13-5-3-2-4-6-13/h2-6,12H,7-11H2,1H3. The van der Waals surface area contributed by atoms with Crippen LogP contribution in [0.25, 0.3) is 5.69 Å². The van der Waals surface area contributed by atoms with E-state index < -0.39 is 5.38 Å². The Bertz CT molecular complexity index is 651. The molecule has 1 saturated heterocycles. The van der Waals surface area contributed by atoms with Crippen molar-refractivity contribution in [3.05, 3.63) is 36.2 Å². The predicted molar refractivity (Wildman–Crippen MR) is 86.3 cm³/mol. The van der Waals surface area contributed by atoms with Gasteiger partial charge < -0.3 is 4.90 Å². The first kappa shape index (κ1) is 15.9. The molecule has 23 heavy (non-hydrogen) atoms. The number of carbonyl (C=O) groups excluding carboxylic acids is 1. The lowest BCUT2D eigenvalue weighted by atomic mass is 10.2. The van der Waals surface area contributed by atoms with Gasteiger partial charge in [-0.1, -0.05) is 18.2 Å². The van der Waals surface area contributed by atoms with Gasteiger partial charge in [-0.15, -0.1) is 16.7 Å². The van der Waals surface area contributed by atoms with E-state index in [1.807, 2.05) is 35.2 Å². The average Bonchev–Trinajstić information content (AvgIpc) is 3.04. The lowest BCUT2D eigenvalue weighted by Gasteiger charge is -2.34. The molecule has 2 heterocycles. The van der Waals surface area contributed by atoms with E-state index >= 15 is 0 Å². The van der Waals surface area contributed by atoms with Crippen molar-refractivity contribution in [3.63, 3.8) is 0 Å². The first-order valence-corrected chi connectivity index (χ1v) is 8.06. The molecule has 8 heteroatoms. The molecule has 0 bridgehead atoms. The van der Waals surface area contributed by atoms with Crippen molar-refractivity contribution < 1.29 is 4.79 Å². The summed E-state index contributed by atoms with van der Waals surface area (Å²) in [6, 6.07) is 9.81. The molecular formula is C15H19ClN6O. The first-order valence-electron chi connectivity index (χ1n) is 7.63. The molecule has 0 aliphatic carbocycles. The molecule has 3 rings (SSSR count). The first-order chi connectivity index (χ1) is 11.1. The van der Waals surface area contributed by atoms with Crippen LogP contribution in [0.15, 0.2) is 30.3 Å². The van der Waals surface area contributed by atoms with Crippen molar-refractivity contribution in [1.82, 2.24) is 30.0 Å². The Morgan fingerprint density at radius 2 is 1.91 bits per heavy atom. The summed E-state index contributed by atoms with van der Waals surface area (Å²) >= 11 is 5.87. The zero-order chi connectivity index (χ0) is 16.2. The van der Waals surface area contributed by atoms with E-state index in [2.05, 4.69) is 20.4 Å². The summed E-state index contributed by atoms with van der Waals surface area (Å²) in [5.74, 6) is 0.794. The SMILES string of the molecule is CC(Cl)C(=O)N1CCN(Cc2nnnn2-c2ccccc2)CC1. The van der Waals surface area contributed by atoms with Gasteiger partial charge in [-0.2, -0.15) is 4.68 Å². The number of hydrogen-bond donors (Lipinski definition) is 0. The summed E-state index contributed by atoms with van der Waals surface area (Å²) in [5, 5.41) is 11.5. The highest BCUT2D eigenvalue weighted by Gasteiger charge is 2.24. The molecule has 1 aliphatic rings. The van der Waals surface area contributed by atoms with Crippen LogP contribution in [0.2, 0.25) is 0 Å². The van der Waals surface area contributed by atoms with Crippen LogP contribution < -0.4 is 0 Å². The van der Waals surface area contributed by atoms with Crippen LogP contribution in [-0.2, 0) is 11.3 Å². The fraction of sp³-hybridized carbons (Fsp3) is 0.467. The van der Waals surface area contributed by atoms with Crippen molar-refractivity contribution in [2.45, 2.75) is 18.8 Å². The third kappa shape index (κ3) is 3.68. The van der Waals surface area contributed by atoms with E-state index in [1.165, 1.54) is 0 Å². The minimum absolute atomic E-state index is 0.000403. The molecule has 1 atom stereocenters. The van der Waals surface area contributed by atoms with Gasteiger partial charge in [-0.05, 0) is 29.5 Å². The van der Waals surface area contributed by atoms with Crippen LogP contribution in [0, 0.1) is 0 Å². The molecule has 1 unspecified atom stereocenters. The highest BCUT2D eigenvalue weighted by atomic mass is 35.5. The van der Waals surface area contributed by atoms with Crippen molar-refractivity contribution in [2.24, 2.45) is 0 Å². The number of carbonyl (C=O) groups is 1. The number of nitrogens with zero attached hydrogens (tertiary/aromatic N) is 6. The molecule has 0 N–H and O–H groups in total. The Balaban J connectivity index is 1.62. The molecule has 1 aliphatic heterocycles. The fourth-order valence-corrected chi connectivity index (χ4v) is 2.79. The van der Waals surface area contributed by atoms with E-state index in [1.54, 1.807) is 11.6 Å². The number of hydrogen-bond acceptors (Lipinski definition) is 5. The fourth-order valence-electron chi connectivity index (χ4n) is 2.65. The highest BCUT2D eigenvalue weighted by molar-refractivity contribution is 6.30. The van der Waals surface area contributed by atoms with Gasteiger partial charge in [-0.3, -0.25) is 9.69 Å². The molecular weight excluding hydrogens is 316 g/mol. The lowest BCUT2D eigenvalue weighted by molar-refractivity contribution is -0.132. The van der Waals surface area contributed by atoms with Crippen molar-refractivity contribution in [3.8, 4) is 5.69 Å². The quantitative estimate of drug-likeness (QED) is 0.778. The van der Waals surface area contributed by atoms with Gasteiger partial charge in [0, 0.05) is 26.2 Å². The largest absolute Gasteiger partial charge is 0.339 e. The minimum atomic E-state index is -0.466. The topological polar surface area (TPSA) is 67.2 Å².